The van der Waals surface area contributed by atoms with Gasteiger partial charge < -0.3 is 24.3 Å². The highest BCUT2D eigenvalue weighted by Crippen LogP contribution is 2.33. The molecule has 2 aromatic rings. The molecule has 2 aromatic carbocycles. The van der Waals surface area contributed by atoms with Crippen molar-refractivity contribution in [1.82, 2.24) is 4.72 Å². The van der Waals surface area contributed by atoms with Crippen LogP contribution >= 0.6 is 0 Å². The van der Waals surface area contributed by atoms with Crippen molar-refractivity contribution in [2.75, 3.05) is 38.3 Å². The van der Waals surface area contributed by atoms with Crippen molar-refractivity contribution in [3.63, 3.8) is 0 Å². The molecule has 2 heterocycles. The number of rotatable bonds is 6. The first-order chi connectivity index (χ1) is 15.0. The third-order valence-corrected chi connectivity index (χ3v) is 6.16. The van der Waals surface area contributed by atoms with Gasteiger partial charge in [0, 0.05) is 43.6 Å². The lowest BCUT2D eigenvalue weighted by Crippen LogP contribution is -2.27. The second-order valence-electron chi connectivity index (χ2n) is 7.07. The van der Waals surface area contributed by atoms with Gasteiger partial charge in [-0.2, -0.15) is 0 Å². The van der Waals surface area contributed by atoms with Crippen molar-refractivity contribution in [2.24, 2.45) is 0 Å². The molecule has 0 aromatic heterocycles. The van der Waals surface area contributed by atoms with Crippen LogP contribution in [0.1, 0.15) is 19.3 Å². The topological polar surface area (TPSA) is 112 Å². The van der Waals surface area contributed by atoms with E-state index in [-0.39, 0.29) is 23.8 Å². The number of fused-ring (bicyclic) bond motifs is 2. The summed E-state index contributed by atoms with van der Waals surface area (Å²) in [6, 6.07) is 9.61. The van der Waals surface area contributed by atoms with Crippen LogP contribution in [0.15, 0.2) is 41.3 Å². The van der Waals surface area contributed by atoms with Crippen LogP contribution in [-0.2, 0) is 14.8 Å². The highest BCUT2D eigenvalue weighted by molar-refractivity contribution is 7.89. The number of ether oxygens (including phenoxy) is 4. The standard InChI is InChI=1S/C21H24N2O7S/c24-21(23-15-3-5-17-19(13-15)29-11-1-9-27-17)7-8-22-31(25,26)16-4-6-18-20(14-16)30-12-2-10-28-18/h3-6,13-14,22H,1-2,7-12H2,(H,23,24). The summed E-state index contributed by atoms with van der Waals surface area (Å²) in [5, 5.41) is 2.74. The molecule has 0 radical (unpaired) electrons. The number of nitrogens with one attached hydrogen (secondary N) is 2. The summed E-state index contributed by atoms with van der Waals surface area (Å²) in [6.45, 7) is 2.07. The molecular weight excluding hydrogens is 424 g/mol. The smallest absolute Gasteiger partial charge is 0.240 e. The maximum Gasteiger partial charge on any atom is 0.240 e. The van der Waals surface area contributed by atoms with E-state index in [0.29, 0.717) is 55.1 Å². The summed E-state index contributed by atoms with van der Waals surface area (Å²) in [5.74, 6) is 1.80. The summed E-state index contributed by atoms with van der Waals surface area (Å²) in [5.41, 5.74) is 0.556. The minimum Gasteiger partial charge on any atom is -0.490 e. The Balaban J connectivity index is 1.32. The molecule has 9 nitrogen and oxygen atoms in total. The molecule has 0 saturated heterocycles. The third-order valence-electron chi connectivity index (χ3n) is 4.70. The fourth-order valence-corrected chi connectivity index (χ4v) is 4.20. The van der Waals surface area contributed by atoms with E-state index in [0.717, 1.165) is 12.8 Å². The molecule has 0 atom stereocenters. The average molecular weight is 448 g/mol. The number of carbonyl (C=O) groups is 1. The zero-order chi connectivity index (χ0) is 21.7. The van der Waals surface area contributed by atoms with Gasteiger partial charge >= 0.3 is 0 Å². The normalized spacial score (nSPS) is 15.5. The fourth-order valence-electron chi connectivity index (χ4n) is 3.16. The maximum atomic E-state index is 12.6. The number of hydrogen-bond acceptors (Lipinski definition) is 7. The molecule has 0 fully saturated rings. The summed E-state index contributed by atoms with van der Waals surface area (Å²) in [4.78, 5) is 12.3. The van der Waals surface area contributed by atoms with Crippen LogP contribution in [-0.4, -0.2) is 47.3 Å². The van der Waals surface area contributed by atoms with Crippen molar-refractivity contribution in [3.8, 4) is 23.0 Å². The molecule has 10 heteroatoms. The first-order valence-electron chi connectivity index (χ1n) is 10.1. The number of anilines is 1. The number of sulfonamides is 1. The van der Waals surface area contributed by atoms with Gasteiger partial charge in [0.15, 0.2) is 23.0 Å². The summed E-state index contributed by atoms with van der Waals surface area (Å²) in [6.07, 6.45) is 1.49. The van der Waals surface area contributed by atoms with Crippen molar-refractivity contribution in [3.05, 3.63) is 36.4 Å². The van der Waals surface area contributed by atoms with E-state index < -0.39 is 10.0 Å². The Morgan fingerprint density at radius 1 is 0.806 bits per heavy atom. The number of amides is 1. The highest BCUT2D eigenvalue weighted by atomic mass is 32.2. The Morgan fingerprint density at radius 3 is 2.06 bits per heavy atom. The second-order valence-corrected chi connectivity index (χ2v) is 8.83. The molecule has 0 aliphatic carbocycles. The second kappa shape index (κ2) is 9.44. The molecule has 2 aliphatic rings. The molecule has 0 saturated carbocycles. The molecule has 166 valence electrons. The maximum absolute atomic E-state index is 12.6. The molecule has 2 N–H and O–H groups in total. The van der Waals surface area contributed by atoms with Crippen LogP contribution in [0, 0.1) is 0 Å². The van der Waals surface area contributed by atoms with Gasteiger partial charge in [0.2, 0.25) is 15.9 Å². The fraction of sp³-hybridized carbons (Fsp3) is 0.381. The molecule has 2 aliphatic heterocycles. The Labute approximate surface area is 180 Å². The van der Waals surface area contributed by atoms with Gasteiger partial charge in [0.05, 0.1) is 31.3 Å². The minimum atomic E-state index is -3.79. The Kier molecular flexibility index (Phi) is 6.47. The van der Waals surface area contributed by atoms with Crippen molar-refractivity contribution >= 4 is 21.6 Å². The van der Waals surface area contributed by atoms with E-state index in [1.807, 2.05) is 0 Å². The van der Waals surface area contributed by atoms with Crippen LogP contribution in [0.25, 0.3) is 0 Å². The van der Waals surface area contributed by atoms with Gasteiger partial charge in [-0.25, -0.2) is 13.1 Å². The van der Waals surface area contributed by atoms with E-state index >= 15 is 0 Å². The van der Waals surface area contributed by atoms with Crippen molar-refractivity contribution in [2.45, 2.75) is 24.2 Å². The van der Waals surface area contributed by atoms with Crippen LogP contribution in [0.2, 0.25) is 0 Å². The first-order valence-corrected chi connectivity index (χ1v) is 11.6. The first kappa shape index (κ1) is 21.3. The quantitative estimate of drug-likeness (QED) is 0.697. The van der Waals surface area contributed by atoms with Gasteiger partial charge in [0.25, 0.3) is 0 Å². The summed E-state index contributed by atoms with van der Waals surface area (Å²) < 4.78 is 49.8. The lowest BCUT2D eigenvalue weighted by atomic mass is 10.2. The van der Waals surface area contributed by atoms with Crippen LogP contribution in [0.5, 0.6) is 23.0 Å². The van der Waals surface area contributed by atoms with Crippen LogP contribution < -0.4 is 29.0 Å². The monoisotopic (exact) mass is 448 g/mol. The highest BCUT2D eigenvalue weighted by Gasteiger charge is 2.19. The third kappa shape index (κ3) is 5.39. The van der Waals surface area contributed by atoms with Crippen LogP contribution in [0.4, 0.5) is 5.69 Å². The Hall–Kier alpha value is -2.98. The van der Waals surface area contributed by atoms with Crippen molar-refractivity contribution in [1.29, 1.82) is 0 Å². The summed E-state index contributed by atoms with van der Waals surface area (Å²) in [7, 11) is -3.79. The SMILES string of the molecule is O=C(CCNS(=O)(=O)c1ccc2c(c1)OCCCO2)Nc1ccc2c(c1)OCCCO2. The minimum absolute atomic E-state index is 0.0295. The molecule has 0 spiro atoms. The van der Waals surface area contributed by atoms with Crippen LogP contribution in [0.3, 0.4) is 0 Å². The van der Waals surface area contributed by atoms with E-state index in [1.165, 1.54) is 12.1 Å². The van der Waals surface area contributed by atoms with E-state index in [1.54, 1.807) is 24.3 Å². The Morgan fingerprint density at radius 2 is 1.39 bits per heavy atom. The number of carbonyl (C=O) groups excluding carboxylic acids is 1. The van der Waals surface area contributed by atoms with Gasteiger partial charge in [-0.05, 0) is 24.3 Å². The van der Waals surface area contributed by atoms with Gasteiger partial charge in [-0.15, -0.1) is 0 Å². The van der Waals surface area contributed by atoms with Gasteiger partial charge in [-0.3, -0.25) is 4.79 Å². The lowest BCUT2D eigenvalue weighted by molar-refractivity contribution is -0.116. The Bertz CT molecular complexity index is 1060. The van der Waals surface area contributed by atoms with Crippen molar-refractivity contribution < 1.29 is 32.2 Å². The number of benzene rings is 2. The zero-order valence-corrected chi connectivity index (χ0v) is 17.7. The van der Waals surface area contributed by atoms with E-state index in [4.69, 9.17) is 18.9 Å². The molecule has 0 bridgehead atoms. The molecule has 31 heavy (non-hydrogen) atoms. The zero-order valence-electron chi connectivity index (χ0n) is 16.9. The van der Waals surface area contributed by atoms with E-state index in [2.05, 4.69) is 10.0 Å². The molecule has 1 amide bonds. The molecular formula is C21H24N2O7S. The van der Waals surface area contributed by atoms with Gasteiger partial charge in [-0.1, -0.05) is 0 Å². The molecule has 4 rings (SSSR count). The largest absolute Gasteiger partial charge is 0.490 e. The predicted octanol–water partition coefficient (Wildman–Crippen LogP) is 2.32. The summed E-state index contributed by atoms with van der Waals surface area (Å²) >= 11 is 0. The lowest BCUT2D eigenvalue weighted by Gasteiger charge is -2.12. The average Bonchev–Trinajstić information content (AvgIpc) is 3.13. The number of hydrogen-bond donors (Lipinski definition) is 2. The molecule has 0 unspecified atom stereocenters. The predicted molar refractivity (Wildman–Crippen MR) is 113 cm³/mol. The van der Waals surface area contributed by atoms with Gasteiger partial charge in [0.1, 0.15) is 0 Å². The van der Waals surface area contributed by atoms with E-state index in [9.17, 15) is 13.2 Å².